The van der Waals surface area contributed by atoms with Gasteiger partial charge in [0.2, 0.25) is 14.6 Å². The predicted molar refractivity (Wildman–Crippen MR) is 164 cm³/mol. The van der Waals surface area contributed by atoms with Crippen molar-refractivity contribution in [3.8, 4) is 0 Å². The molecule has 0 saturated heterocycles. The highest BCUT2D eigenvalue weighted by Gasteiger charge is 2.86. The van der Waals surface area contributed by atoms with Crippen molar-refractivity contribution in [2.24, 2.45) is 0 Å². The Balaban J connectivity index is 0.000000279. The summed E-state index contributed by atoms with van der Waals surface area (Å²) in [4.78, 5) is 0. The molecule has 0 aliphatic heterocycles. The van der Waals surface area contributed by atoms with E-state index < -0.39 is 204 Å². The molecule has 3 aliphatic rings. The molecule has 0 aromatic heterocycles. The zero-order chi connectivity index (χ0) is 49.5. The van der Waals surface area contributed by atoms with Crippen molar-refractivity contribution in [3.63, 3.8) is 0 Å². The summed E-state index contributed by atoms with van der Waals surface area (Å²) in [6, 6.07) is -0.0487. The van der Waals surface area contributed by atoms with Gasteiger partial charge in [-0.05, 0) is 10.9 Å². The van der Waals surface area contributed by atoms with Gasteiger partial charge in [-0.25, -0.2) is 96.6 Å². The minimum absolute atomic E-state index is 0.0244. The SMILES string of the molecule is FC1=C2C(=C(F)c3c(F)c(F)c(F)c(F)c32)C(F)(BC2(F)c3c(F)c(F)c(F)c(F)c3C(F)(F)C(F)(F)C2(F)F)C(F)=C1F.Fc1cc(F)c(Bc2c(F)cc(F)c(F)c2F)c(F)c1F. The largest absolute Gasteiger partial charge is 0.379 e. The lowest BCUT2D eigenvalue weighted by atomic mass is 9.41. The fraction of sp³-hybridized carbons (Fsp3) is 0.143. The molecule has 0 radical (unpaired) electrons. The molecule has 0 fully saturated rings. The fourth-order valence-corrected chi connectivity index (χ4v) is 6.98. The lowest BCUT2D eigenvalue weighted by Gasteiger charge is -2.48. The minimum Gasteiger partial charge on any atom is -0.242 e. The molecule has 0 nitrogen and oxygen atoms in total. The Morgan fingerprint density at radius 2 is 0.754 bits per heavy atom. The summed E-state index contributed by atoms with van der Waals surface area (Å²) < 4.78 is 398. The number of hydrogen-bond donors (Lipinski definition) is 0. The zero-order valence-electron chi connectivity index (χ0n) is 29.7. The van der Waals surface area contributed by atoms with E-state index >= 15 is 13.2 Å². The molecule has 0 spiro atoms. The Hall–Kier alpha value is -5.73. The molecule has 346 valence electrons. The molecule has 0 saturated carbocycles. The molecule has 65 heavy (non-hydrogen) atoms. The van der Waals surface area contributed by atoms with E-state index in [1.54, 1.807) is 0 Å². The van der Waals surface area contributed by atoms with E-state index in [0.29, 0.717) is 0 Å². The second kappa shape index (κ2) is 15.2. The standard InChI is InChI=1S/C23HBF20.C12H3BF8/c25-7-3-1(8(26)13(31)14(32)10(3)28)2-4(7)19(37,18(36)17(35)9(2)27)24-20(38)5-6(12(30)16(34)15(33)11(5)29)21(39,40)23(43,44)22(20,41)42;14-3-1-5(16)9(18)11(20)7(3)13-8-4(15)2-6(17)10(19)12(8)21/h24H;1-2,13H. The number of fused-ring (bicyclic) bond motifs is 4. The smallest absolute Gasteiger partial charge is 0.242 e. The molecule has 4 aromatic rings. The van der Waals surface area contributed by atoms with E-state index in [0.717, 1.165) is 0 Å². The first-order valence-corrected chi connectivity index (χ1v) is 16.4. The summed E-state index contributed by atoms with van der Waals surface area (Å²) in [5, 5.41) is 0. The average molecular weight is 978 g/mol. The molecule has 3 aliphatic carbocycles. The maximum absolute atomic E-state index is 16.4. The summed E-state index contributed by atoms with van der Waals surface area (Å²) in [7, 11) is -5.21. The third-order valence-corrected chi connectivity index (χ3v) is 10.1. The van der Waals surface area contributed by atoms with Gasteiger partial charge in [0.05, 0.1) is 11.1 Å². The molecule has 30 heteroatoms. The Morgan fingerprint density at radius 1 is 0.354 bits per heavy atom. The van der Waals surface area contributed by atoms with Crippen LogP contribution in [0.1, 0.15) is 22.3 Å². The summed E-state index contributed by atoms with van der Waals surface area (Å²) >= 11 is 0. The van der Waals surface area contributed by atoms with Gasteiger partial charge in [0, 0.05) is 34.4 Å². The Morgan fingerprint density at radius 3 is 1.20 bits per heavy atom. The van der Waals surface area contributed by atoms with Gasteiger partial charge in [-0.1, -0.05) is 0 Å². The van der Waals surface area contributed by atoms with Crippen molar-refractivity contribution in [1.82, 2.24) is 0 Å². The van der Waals surface area contributed by atoms with Crippen LogP contribution in [0, 0.1) is 93.1 Å². The summed E-state index contributed by atoms with van der Waals surface area (Å²) in [6.07, 6.45) is 0. The highest BCUT2D eigenvalue weighted by Crippen LogP contribution is 2.67. The number of halogens is 28. The first kappa shape index (κ1) is 48.7. The van der Waals surface area contributed by atoms with Crippen LogP contribution in [-0.2, 0) is 11.5 Å². The minimum atomic E-state index is -7.44. The lowest BCUT2D eigenvalue weighted by molar-refractivity contribution is -0.351. The molecule has 7 rings (SSSR count). The Bertz CT molecular complexity index is 2840. The molecule has 2 atom stereocenters. The normalized spacial score (nSPS) is 21.5. The lowest BCUT2D eigenvalue weighted by Crippen LogP contribution is -2.70. The van der Waals surface area contributed by atoms with Crippen LogP contribution in [-0.4, -0.2) is 32.0 Å². The van der Waals surface area contributed by atoms with Gasteiger partial charge in [-0.15, -0.1) is 0 Å². The number of allylic oxidation sites excluding steroid dienone is 5. The number of alkyl halides is 8. The highest BCUT2D eigenvalue weighted by molar-refractivity contribution is 6.67. The molecule has 0 bridgehead atoms. The van der Waals surface area contributed by atoms with E-state index in [1.165, 1.54) is 0 Å². The third-order valence-electron chi connectivity index (χ3n) is 10.1. The maximum Gasteiger partial charge on any atom is 0.379 e. The van der Waals surface area contributed by atoms with E-state index in [-0.39, 0.29) is 12.1 Å². The highest BCUT2D eigenvalue weighted by atomic mass is 19.4. The van der Waals surface area contributed by atoms with E-state index in [9.17, 15) is 110 Å². The van der Waals surface area contributed by atoms with Gasteiger partial charge >= 0.3 is 17.8 Å². The van der Waals surface area contributed by atoms with Crippen LogP contribution in [0.2, 0.25) is 0 Å². The van der Waals surface area contributed by atoms with Crippen LogP contribution in [0.3, 0.4) is 0 Å². The molecule has 2 unspecified atom stereocenters. The molecule has 0 amide bonds. The second-order valence-corrected chi connectivity index (χ2v) is 13.6. The summed E-state index contributed by atoms with van der Waals surface area (Å²) in [6.45, 7) is 0. The van der Waals surface area contributed by atoms with Gasteiger partial charge in [0.25, 0.3) is 0 Å². The van der Waals surface area contributed by atoms with Crippen molar-refractivity contribution >= 4 is 36.9 Å². The van der Waals surface area contributed by atoms with Crippen molar-refractivity contribution in [1.29, 1.82) is 0 Å². The second-order valence-electron chi connectivity index (χ2n) is 13.6. The van der Waals surface area contributed by atoms with Crippen molar-refractivity contribution in [2.75, 3.05) is 0 Å². The van der Waals surface area contributed by atoms with Gasteiger partial charge in [0.15, 0.2) is 110 Å². The van der Waals surface area contributed by atoms with Gasteiger partial charge in [0.1, 0.15) is 17.5 Å². The number of benzene rings is 4. The van der Waals surface area contributed by atoms with Crippen LogP contribution in [0.4, 0.5) is 123 Å². The molecular weight excluding hydrogens is 974 g/mol. The fourth-order valence-electron chi connectivity index (χ4n) is 6.98. The maximum atomic E-state index is 16.4. The first-order chi connectivity index (χ1) is 29.6. The van der Waals surface area contributed by atoms with Crippen molar-refractivity contribution < 1.29 is 123 Å². The predicted octanol–water partition coefficient (Wildman–Crippen LogP) is 10.8. The van der Waals surface area contributed by atoms with Crippen molar-refractivity contribution in [3.05, 3.63) is 151 Å². The number of hydrogen-bond acceptors (Lipinski definition) is 0. The third kappa shape index (κ3) is 6.29. The van der Waals surface area contributed by atoms with Crippen LogP contribution >= 0.6 is 0 Å². The zero-order valence-corrected chi connectivity index (χ0v) is 29.7. The number of rotatable bonds is 4. The van der Waals surface area contributed by atoms with Gasteiger partial charge in [-0.2, -0.15) is 26.3 Å². The van der Waals surface area contributed by atoms with Gasteiger partial charge in [-0.3, -0.25) is 0 Å². The van der Waals surface area contributed by atoms with Crippen LogP contribution in [0.25, 0.3) is 11.4 Å². The quantitative estimate of drug-likeness (QED) is 0.0827. The summed E-state index contributed by atoms with van der Waals surface area (Å²) in [5.74, 6) is -76.2. The first-order valence-electron chi connectivity index (χ1n) is 16.4. The van der Waals surface area contributed by atoms with Crippen LogP contribution in [0.15, 0.2) is 35.2 Å². The molecule has 0 N–H and O–H groups in total. The molecular formula is C35H4B2F28. The van der Waals surface area contributed by atoms with Crippen molar-refractivity contribution in [2.45, 2.75) is 28.9 Å². The van der Waals surface area contributed by atoms with E-state index in [2.05, 4.69) is 0 Å². The van der Waals surface area contributed by atoms with Crippen LogP contribution < -0.4 is 10.9 Å². The summed E-state index contributed by atoms with van der Waals surface area (Å²) in [5.41, 5.74) is -32.5. The topological polar surface area (TPSA) is 0 Å². The Labute approximate surface area is 339 Å². The van der Waals surface area contributed by atoms with Gasteiger partial charge < -0.3 is 0 Å². The Kier molecular flexibility index (Phi) is 11.4. The van der Waals surface area contributed by atoms with Crippen LogP contribution in [0.5, 0.6) is 0 Å². The molecule has 0 heterocycles. The average Bonchev–Trinajstić information content (AvgIpc) is 3.55. The monoisotopic (exact) mass is 978 g/mol. The van der Waals surface area contributed by atoms with E-state index in [1.807, 2.05) is 0 Å². The molecule has 4 aromatic carbocycles. The van der Waals surface area contributed by atoms with E-state index in [4.69, 9.17) is 0 Å².